The number of aliphatic hydroxyl groups excluding tert-OH is 1. The van der Waals surface area contributed by atoms with E-state index in [1.54, 1.807) is 55.6 Å². The summed E-state index contributed by atoms with van der Waals surface area (Å²) in [5, 5.41) is 21.4. The van der Waals surface area contributed by atoms with Gasteiger partial charge < -0.3 is 19.7 Å². The molecule has 1 atom stereocenters. The molecule has 2 heterocycles. The first-order chi connectivity index (χ1) is 17.9. The molecule has 0 aliphatic carbocycles. The summed E-state index contributed by atoms with van der Waals surface area (Å²) < 4.78 is 11.7. The Hall–Kier alpha value is -4.37. The van der Waals surface area contributed by atoms with Crippen molar-refractivity contribution in [2.75, 3.05) is 18.6 Å². The Morgan fingerprint density at radius 2 is 1.73 bits per heavy atom. The Balaban J connectivity index is 1.64. The molecule has 0 radical (unpaired) electrons. The van der Waals surface area contributed by atoms with E-state index in [2.05, 4.69) is 4.98 Å². The number of benzene rings is 3. The number of hydrogen-bond acceptors (Lipinski definition) is 8. The molecule has 1 fully saturated rings. The second-order valence-electron chi connectivity index (χ2n) is 8.46. The molecule has 2 N–H and O–H groups in total. The Bertz CT molecular complexity index is 1510. The number of methoxy groups -OCH3 is 1. The van der Waals surface area contributed by atoms with Crippen LogP contribution in [0.4, 0.5) is 5.13 Å². The number of ketones is 1. The summed E-state index contributed by atoms with van der Waals surface area (Å²) in [6.45, 7) is 2.57. The Labute approximate surface area is 217 Å². The molecule has 0 bridgehead atoms. The van der Waals surface area contributed by atoms with E-state index in [0.717, 1.165) is 11.1 Å². The lowest BCUT2D eigenvalue weighted by Gasteiger charge is -2.23. The van der Waals surface area contributed by atoms with Crippen molar-refractivity contribution in [1.82, 2.24) is 4.98 Å². The first-order valence-corrected chi connectivity index (χ1v) is 12.5. The second kappa shape index (κ2) is 9.94. The molecule has 0 spiro atoms. The minimum absolute atomic E-state index is 0.0375. The van der Waals surface area contributed by atoms with Crippen LogP contribution in [0.5, 0.6) is 17.2 Å². The SMILES string of the molecule is CCCOc1ccc(/C(O)=C2\C(=O)C(=O)N(c3nc4ccc(OC)cc4s3)C2c2ccc(O)cc2)cc1. The molecule has 188 valence electrons. The predicted octanol–water partition coefficient (Wildman–Crippen LogP) is 5.43. The predicted molar refractivity (Wildman–Crippen MR) is 141 cm³/mol. The average molecular weight is 517 g/mol. The number of fused-ring (bicyclic) bond motifs is 1. The van der Waals surface area contributed by atoms with Gasteiger partial charge in [-0.05, 0) is 66.6 Å². The molecular formula is C28H24N2O6S. The van der Waals surface area contributed by atoms with Gasteiger partial charge in [0.2, 0.25) is 0 Å². The van der Waals surface area contributed by atoms with Crippen molar-refractivity contribution in [1.29, 1.82) is 0 Å². The van der Waals surface area contributed by atoms with Gasteiger partial charge in [-0.25, -0.2) is 4.98 Å². The lowest BCUT2D eigenvalue weighted by molar-refractivity contribution is -0.132. The Morgan fingerprint density at radius 3 is 2.41 bits per heavy atom. The van der Waals surface area contributed by atoms with E-state index in [-0.39, 0.29) is 17.1 Å². The fourth-order valence-corrected chi connectivity index (χ4v) is 5.23. The molecule has 1 unspecified atom stereocenters. The lowest BCUT2D eigenvalue weighted by atomic mass is 9.95. The number of carbonyl (C=O) groups is 2. The van der Waals surface area contributed by atoms with Gasteiger partial charge in [0.05, 0.1) is 35.5 Å². The standard InChI is InChI=1S/C28H24N2O6S/c1-3-14-36-19-10-6-17(7-11-19)25(32)23-24(16-4-8-18(31)9-5-16)30(27(34)26(23)33)28-29-21-13-12-20(35-2)15-22(21)37-28/h4-13,15,24,31-32H,3,14H2,1-2H3/b25-23+. The number of aromatic hydroxyl groups is 1. The summed E-state index contributed by atoms with van der Waals surface area (Å²) in [6, 6.07) is 17.3. The Morgan fingerprint density at radius 1 is 1.03 bits per heavy atom. The van der Waals surface area contributed by atoms with Crippen molar-refractivity contribution in [3.05, 3.63) is 83.4 Å². The van der Waals surface area contributed by atoms with Crippen LogP contribution in [-0.4, -0.2) is 40.6 Å². The molecule has 3 aromatic carbocycles. The van der Waals surface area contributed by atoms with E-state index in [1.165, 1.54) is 28.4 Å². The number of carbonyl (C=O) groups excluding carboxylic acids is 2. The van der Waals surface area contributed by atoms with Gasteiger partial charge in [0.15, 0.2) is 5.13 Å². The molecule has 0 saturated carbocycles. The van der Waals surface area contributed by atoms with Crippen molar-refractivity contribution in [3.63, 3.8) is 0 Å². The molecule has 8 nitrogen and oxygen atoms in total. The van der Waals surface area contributed by atoms with Gasteiger partial charge >= 0.3 is 5.91 Å². The highest BCUT2D eigenvalue weighted by Gasteiger charge is 2.48. The summed E-state index contributed by atoms with van der Waals surface area (Å²) in [4.78, 5) is 32.6. The summed E-state index contributed by atoms with van der Waals surface area (Å²) in [7, 11) is 1.56. The van der Waals surface area contributed by atoms with Crippen molar-refractivity contribution in [2.45, 2.75) is 19.4 Å². The van der Waals surface area contributed by atoms with Gasteiger partial charge in [0, 0.05) is 5.56 Å². The number of Topliss-reactive ketones (excluding diaryl/α,β-unsaturated/α-hetero) is 1. The zero-order chi connectivity index (χ0) is 26.1. The number of rotatable bonds is 7. The van der Waals surface area contributed by atoms with Crippen LogP contribution < -0.4 is 14.4 Å². The maximum absolute atomic E-state index is 13.4. The number of hydrogen-bond donors (Lipinski definition) is 2. The number of phenols is 1. The maximum atomic E-state index is 13.4. The van der Waals surface area contributed by atoms with E-state index in [4.69, 9.17) is 9.47 Å². The van der Waals surface area contributed by atoms with Crippen LogP contribution in [-0.2, 0) is 9.59 Å². The molecule has 1 aliphatic heterocycles. The number of nitrogens with zero attached hydrogens (tertiary/aromatic N) is 2. The smallest absolute Gasteiger partial charge is 0.301 e. The van der Waals surface area contributed by atoms with Crippen molar-refractivity contribution < 1.29 is 29.3 Å². The third-order valence-electron chi connectivity index (χ3n) is 6.04. The minimum atomic E-state index is -0.945. The third-order valence-corrected chi connectivity index (χ3v) is 7.06. The van der Waals surface area contributed by atoms with E-state index in [0.29, 0.717) is 39.9 Å². The molecular weight excluding hydrogens is 492 g/mol. The van der Waals surface area contributed by atoms with Crippen LogP contribution in [0.3, 0.4) is 0 Å². The zero-order valence-electron chi connectivity index (χ0n) is 20.2. The average Bonchev–Trinajstić information content (AvgIpc) is 3.45. The van der Waals surface area contributed by atoms with Crippen molar-refractivity contribution in [2.24, 2.45) is 0 Å². The number of phenolic OH excluding ortho intramolecular Hbond substituents is 1. The van der Waals surface area contributed by atoms with Gasteiger partial charge in [-0.15, -0.1) is 0 Å². The van der Waals surface area contributed by atoms with Crippen LogP contribution in [0.1, 0.15) is 30.5 Å². The summed E-state index contributed by atoms with van der Waals surface area (Å²) in [6.07, 6.45) is 0.857. The quantitative estimate of drug-likeness (QED) is 0.192. The normalized spacial score (nSPS) is 16.9. The van der Waals surface area contributed by atoms with E-state index >= 15 is 0 Å². The summed E-state index contributed by atoms with van der Waals surface area (Å²) >= 11 is 1.24. The molecule has 1 aromatic heterocycles. The molecule has 9 heteroatoms. The highest BCUT2D eigenvalue weighted by molar-refractivity contribution is 7.22. The Kier molecular flexibility index (Phi) is 6.54. The van der Waals surface area contributed by atoms with Crippen LogP contribution in [0.2, 0.25) is 0 Å². The second-order valence-corrected chi connectivity index (χ2v) is 9.47. The fourth-order valence-electron chi connectivity index (χ4n) is 4.21. The van der Waals surface area contributed by atoms with Crippen molar-refractivity contribution in [3.8, 4) is 17.2 Å². The van der Waals surface area contributed by atoms with Gasteiger partial charge in [-0.3, -0.25) is 14.5 Å². The monoisotopic (exact) mass is 516 g/mol. The first kappa shape index (κ1) is 24.3. The summed E-state index contributed by atoms with van der Waals surface area (Å²) in [5.41, 5.74) is 1.50. The fraction of sp³-hybridized carbons (Fsp3) is 0.179. The highest BCUT2D eigenvalue weighted by Crippen LogP contribution is 2.45. The van der Waals surface area contributed by atoms with E-state index < -0.39 is 17.7 Å². The molecule has 37 heavy (non-hydrogen) atoms. The number of amides is 1. The molecule has 1 amide bonds. The molecule has 1 saturated heterocycles. The molecule has 4 aromatic rings. The van der Waals surface area contributed by atoms with Crippen LogP contribution >= 0.6 is 11.3 Å². The largest absolute Gasteiger partial charge is 0.508 e. The van der Waals surface area contributed by atoms with Gasteiger partial charge in [0.1, 0.15) is 23.0 Å². The molecule has 1 aliphatic rings. The topological polar surface area (TPSA) is 109 Å². The van der Waals surface area contributed by atoms with Crippen LogP contribution in [0.15, 0.2) is 72.3 Å². The van der Waals surface area contributed by atoms with Crippen molar-refractivity contribution >= 4 is 44.1 Å². The number of ether oxygens (including phenoxy) is 2. The summed E-state index contributed by atoms with van der Waals surface area (Å²) in [5.74, 6) is -0.600. The number of anilines is 1. The van der Waals surface area contributed by atoms with E-state index in [9.17, 15) is 19.8 Å². The molecule has 5 rings (SSSR count). The van der Waals surface area contributed by atoms with Gasteiger partial charge in [0.25, 0.3) is 5.78 Å². The third kappa shape index (κ3) is 4.49. The van der Waals surface area contributed by atoms with Crippen LogP contribution in [0, 0.1) is 0 Å². The number of aromatic nitrogens is 1. The van der Waals surface area contributed by atoms with Crippen LogP contribution in [0.25, 0.3) is 16.0 Å². The zero-order valence-corrected chi connectivity index (χ0v) is 21.0. The van der Waals surface area contributed by atoms with Gasteiger partial charge in [-0.2, -0.15) is 0 Å². The van der Waals surface area contributed by atoms with Gasteiger partial charge in [-0.1, -0.05) is 30.4 Å². The minimum Gasteiger partial charge on any atom is -0.508 e. The highest BCUT2D eigenvalue weighted by atomic mass is 32.1. The number of thiazole rings is 1. The number of aliphatic hydroxyl groups is 1. The lowest BCUT2D eigenvalue weighted by Crippen LogP contribution is -2.29. The van der Waals surface area contributed by atoms with E-state index in [1.807, 2.05) is 13.0 Å². The maximum Gasteiger partial charge on any atom is 0.301 e. The first-order valence-electron chi connectivity index (χ1n) is 11.7.